The standard InChI is InChI=1S/C3F9PS/c4-1(5,6)13(2(7,8)9)14-3(10,11)12. The SMILES string of the molecule is FC(F)(F)SP(C(F)(F)F)C(F)(F)F. The lowest BCUT2D eigenvalue weighted by molar-refractivity contribution is -0.0810. The maximum Gasteiger partial charge on any atom is 0.446 e. The molecule has 0 heterocycles. The molecular formula is C3F9PS. The summed E-state index contributed by atoms with van der Waals surface area (Å²) in [5.41, 5.74) is -5.56. The number of hydrogen-bond donors (Lipinski definition) is 0. The van der Waals surface area contributed by atoms with Crippen molar-refractivity contribution in [3.63, 3.8) is 0 Å². The van der Waals surface area contributed by atoms with Crippen LogP contribution in [0.25, 0.3) is 0 Å². The van der Waals surface area contributed by atoms with Gasteiger partial charge >= 0.3 is 17.3 Å². The smallest absolute Gasteiger partial charge is 0.166 e. The van der Waals surface area contributed by atoms with E-state index in [9.17, 15) is 39.5 Å². The van der Waals surface area contributed by atoms with Crippen LogP contribution in [0.4, 0.5) is 39.5 Å². The zero-order chi connectivity index (χ0) is 11.8. The first-order valence-corrected chi connectivity index (χ1v) is 5.30. The quantitative estimate of drug-likeness (QED) is 0.492. The summed E-state index contributed by atoms with van der Waals surface area (Å²) in [6.45, 7) is 0. The Labute approximate surface area is 76.3 Å². The molecule has 0 amide bonds. The second-order valence-electron chi connectivity index (χ2n) is 1.77. The predicted molar refractivity (Wildman–Crippen MR) is 32.7 cm³/mol. The molecule has 14 heavy (non-hydrogen) atoms. The molecule has 0 saturated carbocycles. The van der Waals surface area contributed by atoms with Gasteiger partial charge in [-0.2, -0.15) is 39.5 Å². The van der Waals surface area contributed by atoms with Gasteiger partial charge in [-0.15, -0.1) is 0 Å². The van der Waals surface area contributed by atoms with Crippen LogP contribution in [0.1, 0.15) is 0 Å². The normalized spacial score (nSPS) is 15.0. The Morgan fingerprint density at radius 2 is 0.929 bits per heavy atom. The fraction of sp³-hybridized carbons (Fsp3) is 1.00. The van der Waals surface area contributed by atoms with Crippen molar-refractivity contribution >= 4 is 18.5 Å². The van der Waals surface area contributed by atoms with Crippen molar-refractivity contribution in [1.29, 1.82) is 0 Å². The van der Waals surface area contributed by atoms with Crippen molar-refractivity contribution in [2.24, 2.45) is 0 Å². The molecule has 0 unspecified atom stereocenters. The number of hydrogen-bond acceptors (Lipinski definition) is 1. The molecule has 0 aliphatic carbocycles. The van der Waals surface area contributed by atoms with Crippen LogP contribution in [-0.2, 0) is 0 Å². The Kier molecular flexibility index (Phi) is 4.00. The lowest BCUT2D eigenvalue weighted by Gasteiger charge is -2.22. The largest absolute Gasteiger partial charge is 0.446 e. The molecule has 0 aromatic carbocycles. The van der Waals surface area contributed by atoms with Gasteiger partial charge in [0, 0.05) is 0 Å². The van der Waals surface area contributed by atoms with E-state index in [1.54, 1.807) is 0 Å². The van der Waals surface area contributed by atoms with E-state index in [1.807, 2.05) is 0 Å². The average molecular weight is 270 g/mol. The molecular weight excluding hydrogens is 270 g/mol. The van der Waals surface area contributed by atoms with Gasteiger partial charge in [-0.3, -0.25) is 0 Å². The van der Waals surface area contributed by atoms with E-state index in [0.717, 1.165) is 0 Å². The maximum absolute atomic E-state index is 11.5. The molecule has 0 aromatic rings. The number of rotatable bonds is 1. The average Bonchev–Trinajstić information content (AvgIpc) is 1.75. The zero-order valence-corrected chi connectivity index (χ0v) is 7.47. The van der Waals surface area contributed by atoms with Crippen LogP contribution in [0.5, 0.6) is 0 Å². The molecule has 86 valence electrons. The van der Waals surface area contributed by atoms with Crippen molar-refractivity contribution in [2.45, 2.75) is 17.3 Å². The van der Waals surface area contributed by atoms with Gasteiger partial charge in [0.2, 0.25) is 0 Å². The van der Waals surface area contributed by atoms with Gasteiger partial charge in [-0.1, -0.05) is 0 Å². The third-order valence-corrected chi connectivity index (χ3v) is 4.38. The van der Waals surface area contributed by atoms with Crippen LogP contribution in [0, 0.1) is 0 Å². The van der Waals surface area contributed by atoms with Crippen LogP contribution in [0.2, 0.25) is 0 Å². The predicted octanol–water partition coefficient (Wildman–Crippen LogP) is 4.68. The monoisotopic (exact) mass is 270 g/mol. The molecule has 0 N–H and O–H groups in total. The minimum atomic E-state index is -5.91. The van der Waals surface area contributed by atoms with Crippen molar-refractivity contribution < 1.29 is 39.5 Å². The highest BCUT2D eigenvalue weighted by Crippen LogP contribution is 2.75. The van der Waals surface area contributed by atoms with E-state index in [2.05, 4.69) is 0 Å². The molecule has 0 aliphatic rings. The molecule has 0 nitrogen and oxygen atoms in total. The third kappa shape index (κ3) is 5.14. The van der Waals surface area contributed by atoms with Crippen LogP contribution >= 0.6 is 18.5 Å². The Balaban J connectivity index is 4.78. The van der Waals surface area contributed by atoms with Gasteiger partial charge in [0.05, 0.1) is 0 Å². The first-order chi connectivity index (χ1) is 5.84. The molecule has 0 fully saturated rings. The van der Waals surface area contributed by atoms with Crippen LogP contribution in [0.15, 0.2) is 0 Å². The molecule has 0 spiro atoms. The minimum Gasteiger partial charge on any atom is -0.166 e. The summed E-state index contributed by atoms with van der Waals surface area (Å²) in [7, 11) is -5.14. The van der Waals surface area contributed by atoms with Crippen LogP contribution in [0.3, 0.4) is 0 Å². The second-order valence-corrected chi connectivity index (χ2v) is 5.66. The lowest BCUT2D eigenvalue weighted by atomic mass is 11.5. The Morgan fingerprint density at radius 3 is 1.00 bits per heavy atom. The molecule has 0 atom stereocenters. The van der Waals surface area contributed by atoms with Crippen molar-refractivity contribution in [2.75, 3.05) is 0 Å². The topological polar surface area (TPSA) is 0 Å². The summed E-state index contributed by atoms with van der Waals surface area (Å²) < 4.78 is 103. The summed E-state index contributed by atoms with van der Waals surface area (Å²) in [6, 6.07) is 0. The lowest BCUT2D eigenvalue weighted by Crippen LogP contribution is -2.18. The van der Waals surface area contributed by atoms with Gasteiger partial charge in [-0.05, 0) is 11.4 Å². The summed E-state index contributed by atoms with van der Waals surface area (Å²) in [5.74, 6) is -11.8. The van der Waals surface area contributed by atoms with Crippen molar-refractivity contribution in [3.05, 3.63) is 0 Å². The van der Waals surface area contributed by atoms with Gasteiger partial charge in [0.1, 0.15) is 0 Å². The fourth-order valence-corrected chi connectivity index (χ4v) is 2.29. The summed E-state index contributed by atoms with van der Waals surface area (Å²) in [5, 5.41) is 0. The van der Waals surface area contributed by atoms with E-state index < -0.39 is 35.8 Å². The van der Waals surface area contributed by atoms with Gasteiger partial charge in [-0.25, -0.2) is 0 Å². The molecule has 0 saturated heterocycles. The first-order valence-electron chi connectivity index (χ1n) is 2.53. The molecule has 0 aliphatic heterocycles. The molecule has 0 bridgehead atoms. The minimum absolute atomic E-state index is 2.07. The highest BCUT2D eigenvalue weighted by molar-refractivity contribution is 8.56. The molecule has 0 aromatic heterocycles. The first kappa shape index (κ1) is 14.2. The number of halogens is 9. The van der Waals surface area contributed by atoms with Crippen molar-refractivity contribution in [1.82, 2.24) is 0 Å². The molecule has 0 radical (unpaired) electrons. The van der Waals surface area contributed by atoms with E-state index in [0.29, 0.717) is 0 Å². The Hall–Kier alpha value is 0.150. The van der Waals surface area contributed by atoms with E-state index in [1.165, 1.54) is 0 Å². The van der Waals surface area contributed by atoms with Gasteiger partial charge in [0.25, 0.3) is 0 Å². The summed E-state index contributed by atoms with van der Waals surface area (Å²) in [4.78, 5) is 0. The number of alkyl halides is 9. The summed E-state index contributed by atoms with van der Waals surface area (Å²) in [6.07, 6.45) is 0. The summed E-state index contributed by atoms with van der Waals surface area (Å²) >= 11 is -2.07. The van der Waals surface area contributed by atoms with E-state index in [-0.39, 0.29) is 0 Å². The van der Waals surface area contributed by atoms with Gasteiger partial charge < -0.3 is 0 Å². The van der Waals surface area contributed by atoms with E-state index in [4.69, 9.17) is 0 Å². The van der Waals surface area contributed by atoms with E-state index >= 15 is 0 Å². The fourth-order valence-electron chi connectivity index (χ4n) is 0.351. The highest BCUT2D eigenvalue weighted by atomic mass is 32.7. The third-order valence-electron chi connectivity index (χ3n) is 0.655. The molecule has 0 rings (SSSR count). The maximum atomic E-state index is 11.5. The van der Waals surface area contributed by atoms with Gasteiger partial charge in [0.15, 0.2) is 7.12 Å². The Bertz CT molecular complexity index is 174. The zero-order valence-electron chi connectivity index (χ0n) is 5.76. The Morgan fingerprint density at radius 1 is 0.643 bits per heavy atom. The second kappa shape index (κ2) is 3.96. The van der Waals surface area contributed by atoms with Crippen molar-refractivity contribution in [3.8, 4) is 0 Å². The molecule has 11 heteroatoms. The van der Waals surface area contributed by atoms with Crippen LogP contribution < -0.4 is 0 Å². The van der Waals surface area contributed by atoms with Crippen LogP contribution in [-0.4, -0.2) is 17.3 Å². The highest BCUT2D eigenvalue weighted by Gasteiger charge is 2.61.